The van der Waals surface area contributed by atoms with Crippen LogP contribution in [0.25, 0.3) is 0 Å². The molecule has 1 aliphatic carbocycles. The molecule has 0 aliphatic heterocycles. The van der Waals surface area contributed by atoms with E-state index in [0.29, 0.717) is 31.7 Å². The van der Waals surface area contributed by atoms with Crippen molar-refractivity contribution in [2.45, 2.75) is 46.1 Å². The third kappa shape index (κ3) is 8.54. The van der Waals surface area contributed by atoms with Crippen LogP contribution in [0.5, 0.6) is 0 Å². The van der Waals surface area contributed by atoms with E-state index < -0.39 is 11.6 Å². The fraction of sp³-hybridized carbons (Fsp3) is 0.435. The fourth-order valence-corrected chi connectivity index (χ4v) is 2.69. The van der Waals surface area contributed by atoms with Crippen molar-refractivity contribution in [3.05, 3.63) is 53.8 Å². The summed E-state index contributed by atoms with van der Waals surface area (Å²) in [6.45, 7) is 9.33. The van der Waals surface area contributed by atoms with Crippen molar-refractivity contribution >= 4 is 23.5 Å². The largest absolute Gasteiger partial charge is 0.478 e. The number of rotatable bonds is 8. The maximum atomic E-state index is 12.1. The second-order valence-electron chi connectivity index (χ2n) is 8.01. The van der Waals surface area contributed by atoms with Gasteiger partial charge in [-0.2, -0.15) is 10.2 Å². The van der Waals surface area contributed by atoms with E-state index in [0.717, 1.165) is 17.8 Å². The van der Waals surface area contributed by atoms with Gasteiger partial charge in [0.2, 0.25) is 0 Å². The Kier molecular flexibility index (Phi) is 8.66. The van der Waals surface area contributed by atoms with Gasteiger partial charge in [0.1, 0.15) is 5.60 Å². The molecule has 0 saturated heterocycles. The molecule has 0 aromatic heterocycles. The third-order valence-electron chi connectivity index (χ3n) is 4.30. The molecule has 0 bridgehead atoms. The Balaban J connectivity index is 1.79. The Morgan fingerprint density at radius 1 is 1.13 bits per heavy atom. The number of carboxylic acids is 1. The van der Waals surface area contributed by atoms with E-state index in [9.17, 15) is 9.59 Å². The average Bonchev–Trinajstić information content (AvgIpc) is 2.72. The lowest BCUT2D eigenvalue weighted by Crippen LogP contribution is -2.37. The Labute approximate surface area is 183 Å². The molecule has 0 atom stereocenters. The molecule has 0 unspecified atom stereocenters. The molecule has 166 valence electrons. The summed E-state index contributed by atoms with van der Waals surface area (Å²) in [5, 5.41) is 17.2. The van der Waals surface area contributed by atoms with Crippen LogP contribution in [-0.4, -0.2) is 53.0 Å². The number of aliphatic imine (C=N–C) groups is 1. The highest BCUT2D eigenvalue weighted by Crippen LogP contribution is 2.17. The van der Waals surface area contributed by atoms with Crippen LogP contribution in [0.4, 0.5) is 10.5 Å². The first-order valence-electron chi connectivity index (χ1n) is 10.3. The molecule has 0 radical (unpaired) electrons. The van der Waals surface area contributed by atoms with Gasteiger partial charge in [-0.3, -0.25) is 4.99 Å². The van der Waals surface area contributed by atoms with E-state index in [-0.39, 0.29) is 11.7 Å². The van der Waals surface area contributed by atoms with Gasteiger partial charge in [0.15, 0.2) is 0 Å². The van der Waals surface area contributed by atoms with E-state index in [1.54, 1.807) is 17.0 Å². The molecule has 8 heteroatoms. The van der Waals surface area contributed by atoms with Crippen LogP contribution in [0, 0.1) is 0 Å². The number of azo groups is 1. The number of aromatic carboxylic acids is 1. The van der Waals surface area contributed by atoms with E-state index >= 15 is 0 Å². The standard InChI is InChI=1S/C23H30N4O4/c1-5-27(22(30)31-23(2,3)4)16-6-15-24-18-11-13-20(14-12-18)26-25-19-9-7-17(8-10-19)21(28)29/h7-11,13-14H,5-6,12,15-16H2,1-4H3,(H,28,29). The Hall–Kier alpha value is -3.29. The summed E-state index contributed by atoms with van der Waals surface area (Å²) in [6.07, 6.45) is 6.81. The second kappa shape index (κ2) is 11.2. The van der Waals surface area contributed by atoms with Gasteiger partial charge < -0.3 is 14.7 Å². The van der Waals surface area contributed by atoms with Crippen molar-refractivity contribution in [2.24, 2.45) is 15.2 Å². The van der Waals surface area contributed by atoms with Crippen LogP contribution in [0.3, 0.4) is 0 Å². The maximum Gasteiger partial charge on any atom is 0.410 e. The van der Waals surface area contributed by atoms with Gasteiger partial charge in [0, 0.05) is 31.8 Å². The summed E-state index contributed by atoms with van der Waals surface area (Å²) >= 11 is 0. The third-order valence-corrected chi connectivity index (χ3v) is 4.30. The molecule has 1 aliphatic rings. The first kappa shape index (κ1) is 24.0. The molecule has 1 aromatic carbocycles. The van der Waals surface area contributed by atoms with Crippen LogP contribution >= 0.6 is 0 Å². The molecule has 31 heavy (non-hydrogen) atoms. The zero-order valence-corrected chi connectivity index (χ0v) is 18.5. The first-order chi connectivity index (χ1) is 14.7. The van der Waals surface area contributed by atoms with Crippen LogP contribution in [-0.2, 0) is 4.74 Å². The molecule has 1 aromatic rings. The molecular weight excluding hydrogens is 396 g/mol. The summed E-state index contributed by atoms with van der Waals surface area (Å²) in [6, 6.07) is 6.22. The molecule has 0 spiro atoms. The van der Waals surface area contributed by atoms with Gasteiger partial charge in [0.05, 0.1) is 16.9 Å². The van der Waals surface area contributed by atoms with Crippen molar-refractivity contribution in [3.63, 3.8) is 0 Å². The SMILES string of the molecule is CCN(CCCN=C1C=CC(N=Nc2ccc(C(=O)O)cc2)=CC1)C(=O)OC(C)(C)C. The fourth-order valence-electron chi connectivity index (χ4n) is 2.69. The zero-order valence-electron chi connectivity index (χ0n) is 18.5. The lowest BCUT2D eigenvalue weighted by atomic mass is 10.1. The van der Waals surface area contributed by atoms with Gasteiger partial charge in [0.25, 0.3) is 0 Å². The number of ether oxygens (including phenoxy) is 1. The average molecular weight is 427 g/mol. The normalized spacial score (nSPS) is 15.2. The minimum absolute atomic E-state index is 0.213. The molecule has 0 heterocycles. The van der Waals surface area contributed by atoms with Crippen molar-refractivity contribution in [1.82, 2.24) is 4.90 Å². The lowest BCUT2D eigenvalue weighted by molar-refractivity contribution is 0.0259. The number of allylic oxidation sites excluding steroid dienone is 3. The second-order valence-corrected chi connectivity index (χ2v) is 8.01. The smallest absolute Gasteiger partial charge is 0.410 e. The predicted octanol–water partition coefficient (Wildman–Crippen LogP) is 5.40. The Bertz CT molecular complexity index is 893. The Morgan fingerprint density at radius 3 is 2.39 bits per heavy atom. The summed E-state index contributed by atoms with van der Waals surface area (Å²) in [5.41, 5.74) is 1.98. The number of amides is 1. The van der Waals surface area contributed by atoms with Crippen LogP contribution in [0.2, 0.25) is 0 Å². The monoisotopic (exact) mass is 426 g/mol. The van der Waals surface area contributed by atoms with Crippen LogP contribution in [0.1, 0.15) is 50.9 Å². The summed E-state index contributed by atoms with van der Waals surface area (Å²) in [7, 11) is 0. The first-order valence-corrected chi connectivity index (χ1v) is 10.3. The van der Waals surface area contributed by atoms with Crippen molar-refractivity contribution in [3.8, 4) is 0 Å². The van der Waals surface area contributed by atoms with E-state index in [4.69, 9.17) is 9.84 Å². The Morgan fingerprint density at radius 2 is 1.84 bits per heavy atom. The number of hydrogen-bond donors (Lipinski definition) is 1. The summed E-state index contributed by atoms with van der Waals surface area (Å²) in [5.74, 6) is -0.972. The van der Waals surface area contributed by atoms with Crippen LogP contribution < -0.4 is 0 Å². The number of benzene rings is 1. The highest BCUT2D eigenvalue weighted by molar-refractivity contribution is 5.97. The van der Waals surface area contributed by atoms with Crippen molar-refractivity contribution < 1.29 is 19.4 Å². The number of nitrogens with zero attached hydrogens (tertiary/aromatic N) is 4. The lowest BCUT2D eigenvalue weighted by Gasteiger charge is -2.26. The van der Waals surface area contributed by atoms with Gasteiger partial charge in [-0.15, -0.1) is 0 Å². The highest BCUT2D eigenvalue weighted by Gasteiger charge is 2.20. The van der Waals surface area contributed by atoms with Gasteiger partial charge in [-0.25, -0.2) is 9.59 Å². The molecule has 2 rings (SSSR count). The molecule has 0 saturated carbocycles. The van der Waals surface area contributed by atoms with E-state index in [2.05, 4.69) is 15.2 Å². The van der Waals surface area contributed by atoms with E-state index in [1.807, 2.05) is 45.9 Å². The molecule has 1 amide bonds. The van der Waals surface area contributed by atoms with Crippen molar-refractivity contribution in [2.75, 3.05) is 19.6 Å². The van der Waals surface area contributed by atoms with Gasteiger partial charge in [-0.05, 0) is 70.5 Å². The molecule has 8 nitrogen and oxygen atoms in total. The van der Waals surface area contributed by atoms with Crippen LogP contribution in [0.15, 0.2) is 63.4 Å². The van der Waals surface area contributed by atoms with Gasteiger partial charge in [-0.1, -0.05) is 6.08 Å². The minimum Gasteiger partial charge on any atom is -0.478 e. The molecule has 0 fully saturated rings. The predicted molar refractivity (Wildman–Crippen MR) is 120 cm³/mol. The minimum atomic E-state index is -0.972. The highest BCUT2D eigenvalue weighted by atomic mass is 16.6. The van der Waals surface area contributed by atoms with E-state index in [1.165, 1.54) is 12.1 Å². The molecular formula is C23H30N4O4. The zero-order chi connectivity index (χ0) is 22.9. The van der Waals surface area contributed by atoms with Gasteiger partial charge >= 0.3 is 12.1 Å². The maximum absolute atomic E-state index is 12.1. The quantitative estimate of drug-likeness (QED) is 0.444. The topological polar surface area (TPSA) is 104 Å². The summed E-state index contributed by atoms with van der Waals surface area (Å²) in [4.78, 5) is 29.3. The van der Waals surface area contributed by atoms with Crippen molar-refractivity contribution in [1.29, 1.82) is 0 Å². The number of carbonyl (C=O) groups excluding carboxylic acids is 1. The number of carboxylic acid groups (broad SMARTS) is 1. The number of hydrogen-bond acceptors (Lipinski definition) is 6. The molecule has 1 N–H and O–H groups in total. The summed E-state index contributed by atoms with van der Waals surface area (Å²) < 4.78 is 5.41. The number of carbonyl (C=O) groups is 2.